The average Bonchev–Trinajstić information content (AvgIpc) is 2.93. The lowest BCUT2D eigenvalue weighted by atomic mass is 9.79. The average molecular weight is 276 g/mol. The number of carbonyl (C=O) groups is 2. The third kappa shape index (κ3) is 2.19. The molecule has 1 N–H and O–H groups in total. The van der Waals surface area contributed by atoms with Crippen LogP contribution in [0.15, 0.2) is 12.3 Å². The van der Waals surface area contributed by atoms with Crippen LogP contribution in [0.25, 0.3) is 0 Å². The van der Waals surface area contributed by atoms with E-state index in [0.29, 0.717) is 18.8 Å². The maximum absolute atomic E-state index is 12.4. The van der Waals surface area contributed by atoms with Gasteiger partial charge in [-0.1, -0.05) is 0 Å². The van der Waals surface area contributed by atoms with Crippen LogP contribution in [0, 0.1) is 5.41 Å². The Balaban J connectivity index is 1.71. The largest absolute Gasteiger partial charge is 0.356 e. The van der Waals surface area contributed by atoms with Crippen molar-refractivity contribution in [2.75, 3.05) is 19.6 Å². The molecule has 108 valence electrons. The molecular weight excluding hydrogens is 256 g/mol. The number of hydrogen-bond donors (Lipinski definition) is 1. The SMILES string of the molecule is Cn1ccc(C(=O)N2CCC[C@@]3(CCNC3=O)CC2)n1. The minimum atomic E-state index is -0.237. The minimum Gasteiger partial charge on any atom is -0.356 e. The molecule has 2 aliphatic rings. The topological polar surface area (TPSA) is 67.2 Å². The predicted octanol–water partition coefficient (Wildman–Crippen LogP) is 0.552. The smallest absolute Gasteiger partial charge is 0.274 e. The van der Waals surface area contributed by atoms with E-state index in [0.717, 1.165) is 32.2 Å². The third-order valence-corrected chi connectivity index (χ3v) is 4.53. The number of hydrogen-bond acceptors (Lipinski definition) is 3. The molecule has 2 amide bonds. The fourth-order valence-corrected chi connectivity index (χ4v) is 3.28. The van der Waals surface area contributed by atoms with Gasteiger partial charge in [-0.05, 0) is 31.7 Å². The summed E-state index contributed by atoms with van der Waals surface area (Å²) < 4.78 is 1.64. The Morgan fingerprint density at radius 3 is 2.85 bits per heavy atom. The Labute approximate surface area is 118 Å². The molecule has 0 aromatic carbocycles. The molecular formula is C14H20N4O2. The quantitative estimate of drug-likeness (QED) is 0.814. The Kier molecular flexibility index (Phi) is 3.23. The van der Waals surface area contributed by atoms with Crippen LogP contribution in [-0.2, 0) is 11.8 Å². The third-order valence-electron chi connectivity index (χ3n) is 4.53. The van der Waals surface area contributed by atoms with Gasteiger partial charge in [0.25, 0.3) is 5.91 Å². The van der Waals surface area contributed by atoms with Gasteiger partial charge in [-0.2, -0.15) is 5.10 Å². The van der Waals surface area contributed by atoms with E-state index >= 15 is 0 Å². The van der Waals surface area contributed by atoms with Crippen LogP contribution in [0.1, 0.15) is 36.2 Å². The van der Waals surface area contributed by atoms with Crippen molar-refractivity contribution in [2.24, 2.45) is 12.5 Å². The lowest BCUT2D eigenvalue weighted by Crippen LogP contribution is -2.35. The maximum Gasteiger partial charge on any atom is 0.274 e. The number of aromatic nitrogens is 2. The molecule has 6 heteroatoms. The second kappa shape index (κ2) is 4.92. The van der Waals surface area contributed by atoms with Crippen LogP contribution in [-0.4, -0.2) is 46.1 Å². The van der Waals surface area contributed by atoms with Gasteiger partial charge in [0.05, 0.1) is 5.41 Å². The van der Waals surface area contributed by atoms with Gasteiger partial charge in [0, 0.05) is 32.9 Å². The summed E-state index contributed by atoms with van der Waals surface area (Å²) in [6, 6.07) is 1.74. The Bertz CT molecular complexity index is 539. The van der Waals surface area contributed by atoms with Crippen molar-refractivity contribution in [3.63, 3.8) is 0 Å². The first-order chi connectivity index (χ1) is 9.61. The molecule has 3 rings (SSSR count). The zero-order valence-electron chi connectivity index (χ0n) is 11.8. The summed E-state index contributed by atoms with van der Waals surface area (Å²) in [4.78, 5) is 26.3. The standard InChI is InChI=1S/C14H20N4O2/c1-17-9-3-11(16-17)12(19)18-8-2-4-14(6-10-18)5-7-15-13(14)20/h3,9H,2,4-8,10H2,1H3,(H,15,20)/t14-/m1/s1. The number of aryl methyl sites for hydroxylation is 1. The molecule has 20 heavy (non-hydrogen) atoms. The number of nitrogens with zero attached hydrogens (tertiary/aromatic N) is 3. The van der Waals surface area contributed by atoms with E-state index in [1.165, 1.54) is 0 Å². The molecule has 0 saturated carbocycles. The monoisotopic (exact) mass is 276 g/mol. The van der Waals surface area contributed by atoms with Crippen molar-refractivity contribution >= 4 is 11.8 Å². The van der Waals surface area contributed by atoms with Gasteiger partial charge in [-0.15, -0.1) is 0 Å². The summed E-state index contributed by atoms with van der Waals surface area (Å²) in [5.41, 5.74) is 0.249. The summed E-state index contributed by atoms with van der Waals surface area (Å²) in [6.07, 6.45) is 5.20. The molecule has 0 radical (unpaired) electrons. The van der Waals surface area contributed by atoms with Crippen LogP contribution < -0.4 is 5.32 Å². The molecule has 6 nitrogen and oxygen atoms in total. The fraction of sp³-hybridized carbons (Fsp3) is 0.643. The normalized spacial score (nSPS) is 26.6. The van der Waals surface area contributed by atoms with Gasteiger partial charge in [0.1, 0.15) is 5.69 Å². The van der Waals surface area contributed by atoms with Gasteiger partial charge in [-0.3, -0.25) is 14.3 Å². The summed E-state index contributed by atoms with van der Waals surface area (Å²) in [6.45, 7) is 2.13. The first-order valence-corrected chi connectivity index (χ1v) is 7.18. The van der Waals surface area contributed by atoms with Crippen molar-refractivity contribution in [3.05, 3.63) is 18.0 Å². The molecule has 2 fully saturated rings. The van der Waals surface area contributed by atoms with E-state index in [-0.39, 0.29) is 17.2 Å². The van der Waals surface area contributed by atoms with Gasteiger partial charge < -0.3 is 10.2 Å². The summed E-state index contributed by atoms with van der Waals surface area (Å²) >= 11 is 0. The summed E-state index contributed by atoms with van der Waals surface area (Å²) in [7, 11) is 1.80. The molecule has 2 saturated heterocycles. The van der Waals surface area contributed by atoms with Crippen LogP contribution in [0.3, 0.4) is 0 Å². The zero-order chi connectivity index (χ0) is 14.2. The van der Waals surface area contributed by atoms with Gasteiger partial charge in [-0.25, -0.2) is 0 Å². The number of nitrogens with one attached hydrogen (secondary N) is 1. The molecule has 1 atom stereocenters. The van der Waals surface area contributed by atoms with Crippen LogP contribution in [0.5, 0.6) is 0 Å². The summed E-state index contributed by atoms with van der Waals surface area (Å²) in [5.74, 6) is 0.144. The van der Waals surface area contributed by atoms with Gasteiger partial charge >= 0.3 is 0 Å². The number of amides is 2. The van der Waals surface area contributed by atoms with E-state index in [2.05, 4.69) is 10.4 Å². The fourth-order valence-electron chi connectivity index (χ4n) is 3.28. The van der Waals surface area contributed by atoms with Gasteiger partial charge in [0.2, 0.25) is 5.91 Å². The molecule has 0 unspecified atom stereocenters. The molecule has 0 aliphatic carbocycles. The minimum absolute atomic E-state index is 0.0268. The number of rotatable bonds is 1. The Hall–Kier alpha value is -1.85. The first-order valence-electron chi connectivity index (χ1n) is 7.18. The van der Waals surface area contributed by atoms with Crippen LogP contribution >= 0.6 is 0 Å². The molecule has 1 spiro atoms. The van der Waals surface area contributed by atoms with Gasteiger partial charge in [0.15, 0.2) is 0 Å². The molecule has 3 heterocycles. The lowest BCUT2D eigenvalue weighted by Gasteiger charge is -2.24. The Morgan fingerprint density at radius 1 is 1.35 bits per heavy atom. The van der Waals surface area contributed by atoms with Crippen LogP contribution in [0.2, 0.25) is 0 Å². The Morgan fingerprint density at radius 2 is 2.20 bits per heavy atom. The van der Waals surface area contributed by atoms with Crippen molar-refractivity contribution in [3.8, 4) is 0 Å². The highest BCUT2D eigenvalue weighted by Gasteiger charge is 2.43. The van der Waals surface area contributed by atoms with E-state index < -0.39 is 0 Å². The number of likely N-dealkylation sites (tertiary alicyclic amines) is 1. The van der Waals surface area contributed by atoms with E-state index in [4.69, 9.17) is 0 Å². The first kappa shape index (κ1) is 13.1. The van der Waals surface area contributed by atoms with E-state index in [1.54, 1.807) is 24.0 Å². The molecule has 1 aromatic heterocycles. The summed E-state index contributed by atoms with van der Waals surface area (Å²) in [5, 5.41) is 7.10. The van der Waals surface area contributed by atoms with Crippen molar-refractivity contribution < 1.29 is 9.59 Å². The highest BCUT2D eigenvalue weighted by molar-refractivity contribution is 5.92. The van der Waals surface area contributed by atoms with Crippen LogP contribution in [0.4, 0.5) is 0 Å². The number of carbonyl (C=O) groups excluding carboxylic acids is 2. The lowest BCUT2D eigenvalue weighted by molar-refractivity contribution is -0.128. The highest BCUT2D eigenvalue weighted by atomic mass is 16.2. The second-order valence-corrected chi connectivity index (χ2v) is 5.81. The van der Waals surface area contributed by atoms with E-state index in [9.17, 15) is 9.59 Å². The van der Waals surface area contributed by atoms with Crippen molar-refractivity contribution in [1.29, 1.82) is 0 Å². The highest BCUT2D eigenvalue weighted by Crippen LogP contribution is 2.38. The molecule has 2 aliphatic heterocycles. The molecule has 1 aromatic rings. The van der Waals surface area contributed by atoms with E-state index in [1.807, 2.05) is 4.90 Å². The second-order valence-electron chi connectivity index (χ2n) is 5.81. The molecule has 0 bridgehead atoms. The maximum atomic E-state index is 12.4. The van der Waals surface area contributed by atoms with Crippen molar-refractivity contribution in [1.82, 2.24) is 20.0 Å². The predicted molar refractivity (Wildman–Crippen MR) is 73.0 cm³/mol. The van der Waals surface area contributed by atoms with Crippen molar-refractivity contribution in [2.45, 2.75) is 25.7 Å². The zero-order valence-corrected chi connectivity index (χ0v) is 11.8.